The molecule has 0 amide bonds. The minimum Gasteiger partial charge on any atom is -0.459 e. The number of hydrogen-bond acceptors (Lipinski definition) is 3. The highest BCUT2D eigenvalue weighted by Gasteiger charge is 2.18. The Morgan fingerprint density at radius 3 is 2.74 bits per heavy atom. The van der Waals surface area contributed by atoms with E-state index in [0.29, 0.717) is 11.4 Å². The summed E-state index contributed by atoms with van der Waals surface area (Å²) in [6.45, 7) is 0. The van der Waals surface area contributed by atoms with Crippen molar-refractivity contribution in [3.05, 3.63) is 47.2 Å². The molecule has 2 aromatic rings. The Labute approximate surface area is 117 Å². The van der Waals surface area contributed by atoms with Crippen LogP contribution in [0, 0.1) is 0 Å². The third-order valence-corrected chi connectivity index (χ3v) is 3.24. The van der Waals surface area contributed by atoms with E-state index >= 15 is 0 Å². The van der Waals surface area contributed by atoms with E-state index in [2.05, 4.69) is 0 Å². The fourth-order valence-electron chi connectivity index (χ4n) is 2.00. The van der Waals surface area contributed by atoms with E-state index < -0.39 is 0 Å². The molecule has 1 atom stereocenters. The van der Waals surface area contributed by atoms with Gasteiger partial charge in [-0.3, -0.25) is 4.90 Å². The van der Waals surface area contributed by atoms with E-state index in [0.717, 1.165) is 23.4 Å². The Hall–Kier alpha value is -1.58. The molecule has 0 aliphatic carbocycles. The van der Waals surface area contributed by atoms with E-state index in [9.17, 15) is 4.79 Å². The number of carbonyl (C=O) groups is 1. The summed E-state index contributed by atoms with van der Waals surface area (Å²) >= 11 is 5.97. The fraction of sp³-hybridized carbons (Fsp3) is 0.267. The molecule has 0 aliphatic heterocycles. The van der Waals surface area contributed by atoms with Crippen LogP contribution in [0.15, 0.2) is 40.8 Å². The number of aldehydes is 1. The van der Waals surface area contributed by atoms with E-state index in [1.54, 1.807) is 0 Å². The molecule has 0 radical (unpaired) electrons. The molecule has 100 valence electrons. The number of nitrogens with zero attached hydrogens (tertiary/aromatic N) is 1. The molecule has 0 saturated heterocycles. The summed E-state index contributed by atoms with van der Waals surface area (Å²) in [7, 11) is 3.85. The smallest absolute Gasteiger partial charge is 0.134 e. The molecule has 3 nitrogen and oxygen atoms in total. The molecule has 1 heterocycles. The lowest BCUT2D eigenvalue weighted by Crippen LogP contribution is -2.19. The van der Waals surface area contributed by atoms with Gasteiger partial charge in [-0.1, -0.05) is 23.7 Å². The fourth-order valence-corrected chi connectivity index (χ4v) is 2.19. The summed E-state index contributed by atoms with van der Waals surface area (Å²) in [5.41, 5.74) is 0.933. The van der Waals surface area contributed by atoms with Gasteiger partial charge in [-0.2, -0.15) is 0 Å². The van der Waals surface area contributed by atoms with Crippen molar-refractivity contribution in [1.29, 1.82) is 0 Å². The molecular weight excluding hydrogens is 262 g/mol. The van der Waals surface area contributed by atoms with E-state index in [1.165, 1.54) is 0 Å². The van der Waals surface area contributed by atoms with Crippen LogP contribution < -0.4 is 0 Å². The maximum Gasteiger partial charge on any atom is 0.134 e. The van der Waals surface area contributed by atoms with Crippen LogP contribution in [0.4, 0.5) is 0 Å². The molecule has 2 rings (SSSR count). The van der Waals surface area contributed by atoms with Crippen LogP contribution in [0.25, 0.3) is 11.3 Å². The zero-order valence-corrected chi connectivity index (χ0v) is 11.7. The van der Waals surface area contributed by atoms with Gasteiger partial charge in [-0.15, -0.1) is 0 Å². The van der Waals surface area contributed by atoms with Crippen LogP contribution in [-0.4, -0.2) is 25.3 Å². The molecule has 1 aromatic heterocycles. The van der Waals surface area contributed by atoms with E-state index in [1.807, 2.05) is 55.4 Å². The van der Waals surface area contributed by atoms with Gasteiger partial charge in [0.1, 0.15) is 17.8 Å². The molecule has 0 N–H and O–H groups in total. The van der Waals surface area contributed by atoms with Crippen molar-refractivity contribution in [2.45, 2.75) is 12.5 Å². The summed E-state index contributed by atoms with van der Waals surface area (Å²) in [5, 5.41) is 0.674. The minimum absolute atomic E-state index is 0.0366. The Morgan fingerprint density at radius 2 is 2.11 bits per heavy atom. The normalized spacial score (nSPS) is 12.6. The maximum atomic E-state index is 10.7. The van der Waals surface area contributed by atoms with Crippen LogP contribution in [-0.2, 0) is 4.79 Å². The van der Waals surface area contributed by atoms with Crippen molar-refractivity contribution in [2.75, 3.05) is 14.1 Å². The second-order valence-electron chi connectivity index (χ2n) is 4.59. The minimum atomic E-state index is -0.0366. The van der Waals surface area contributed by atoms with Gasteiger partial charge in [-0.05, 0) is 38.4 Å². The zero-order chi connectivity index (χ0) is 13.8. The quantitative estimate of drug-likeness (QED) is 0.780. The van der Waals surface area contributed by atoms with Gasteiger partial charge in [0.15, 0.2) is 0 Å². The van der Waals surface area contributed by atoms with Crippen molar-refractivity contribution >= 4 is 17.9 Å². The number of furan rings is 1. The maximum absolute atomic E-state index is 10.7. The lowest BCUT2D eigenvalue weighted by atomic mass is 10.1. The van der Waals surface area contributed by atoms with Crippen molar-refractivity contribution in [3.63, 3.8) is 0 Å². The molecule has 0 bridgehead atoms. The predicted molar refractivity (Wildman–Crippen MR) is 76.3 cm³/mol. The number of rotatable bonds is 5. The van der Waals surface area contributed by atoms with Gasteiger partial charge in [0.05, 0.1) is 6.04 Å². The van der Waals surface area contributed by atoms with Gasteiger partial charge in [0.2, 0.25) is 0 Å². The van der Waals surface area contributed by atoms with Crippen molar-refractivity contribution < 1.29 is 9.21 Å². The van der Waals surface area contributed by atoms with Crippen molar-refractivity contribution in [2.24, 2.45) is 0 Å². The van der Waals surface area contributed by atoms with Gasteiger partial charge in [0.25, 0.3) is 0 Å². The van der Waals surface area contributed by atoms with Crippen molar-refractivity contribution in [1.82, 2.24) is 4.90 Å². The van der Waals surface area contributed by atoms with E-state index in [4.69, 9.17) is 16.0 Å². The molecule has 0 aliphatic rings. The van der Waals surface area contributed by atoms with Gasteiger partial charge >= 0.3 is 0 Å². The second-order valence-corrected chi connectivity index (χ2v) is 5.03. The molecule has 0 fully saturated rings. The summed E-state index contributed by atoms with van der Waals surface area (Å²) < 4.78 is 5.84. The van der Waals surface area contributed by atoms with Crippen LogP contribution in [0.1, 0.15) is 18.2 Å². The average molecular weight is 278 g/mol. The largest absolute Gasteiger partial charge is 0.459 e. The Bertz CT molecular complexity index is 563. The molecule has 0 spiro atoms. The molecule has 19 heavy (non-hydrogen) atoms. The van der Waals surface area contributed by atoms with Gasteiger partial charge in [0, 0.05) is 17.0 Å². The number of hydrogen-bond donors (Lipinski definition) is 0. The molecule has 1 unspecified atom stereocenters. The number of carbonyl (C=O) groups excluding carboxylic acids is 1. The monoisotopic (exact) mass is 277 g/mol. The molecule has 0 saturated carbocycles. The Balaban J connectivity index is 2.30. The predicted octanol–water partition coefficient (Wildman–Crippen LogP) is 3.79. The lowest BCUT2D eigenvalue weighted by molar-refractivity contribution is -0.108. The topological polar surface area (TPSA) is 33.5 Å². The summed E-state index contributed by atoms with van der Waals surface area (Å²) in [6, 6.07) is 11.3. The first-order chi connectivity index (χ1) is 9.11. The van der Waals surface area contributed by atoms with Gasteiger partial charge in [-0.25, -0.2) is 0 Å². The number of halogens is 1. The molecular formula is C15H16ClNO2. The highest BCUT2D eigenvalue weighted by atomic mass is 35.5. The lowest BCUT2D eigenvalue weighted by Gasteiger charge is -2.19. The van der Waals surface area contributed by atoms with Crippen LogP contribution >= 0.6 is 11.6 Å². The summed E-state index contributed by atoms with van der Waals surface area (Å²) in [5.74, 6) is 1.54. The third-order valence-electron chi connectivity index (χ3n) is 3.01. The summed E-state index contributed by atoms with van der Waals surface area (Å²) in [6.07, 6.45) is 1.32. The SMILES string of the molecule is CN(C)C(CC=O)c1ccc(-c2cccc(Cl)c2)o1. The molecule has 1 aromatic carbocycles. The second kappa shape index (κ2) is 6.04. The first-order valence-electron chi connectivity index (χ1n) is 6.07. The van der Waals surface area contributed by atoms with Crippen LogP contribution in [0.2, 0.25) is 5.02 Å². The number of benzene rings is 1. The third kappa shape index (κ3) is 3.25. The zero-order valence-electron chi connectivity index (χ0n) is 11.0. The van der Waals surface area contributed by atoms with Gasteiger partial charge < -0.3 is 9.21 Å². The highest BCUT2D eigenvalue weighted by Crippen LogP contribution is 2.29. The van der Waals surface area contributed by atoms with Crippen molar-refractivity contribution in [3.8, 4) is 11.3 Å². The molecule has 4 heteroatoms. The standard InChI is InChI=1S/C15H16ClNO2/c1-17(2)13(8-9-18)15-7-6-14(19-15)11-4-3-5-12(16)10-11/h3-7,9-10,13H,8H2,1-2H3. The first-order valence-corrected chi connectivity index (χ1v) is 6.45. The Morgan fingerprint density at radius 1 is 1.32 bits per heavy atom. The highest BCUT2D eigenvalue weighted by molar-refractivity contribution is 6.30. The summed E-state index contributed by atoms with van der Waals surface area (Å²) in [4.78, 5) is 12.7. The van der Waals surface area contributed by atoms with E-state index in [-0.39, 0.29) is 6.04 Å². The first kappa shape index (κ1) is 13.8. The van der Waals surface area contributed by atoms with Crippen LogP contribution in [0.5, 0.6) is 0 Å². The average Bonchev–Trinajstić information content (AvgIpc) is 2.84. The van der Waals surface area contributed by atoms with Crippen LogP contribution in [0.3, 0.4) is 0 Å². The Kier molecular flexibility index (Phi) is 4.40.